The first-order valence-electron chi connectivity index (χ1n) is 5.88. The molecule has 1 aliphatic heterocycles. The number of likely N-dealkylation sites (N-methyl/N-ethyl adjacent to an activating group) is 1. The Morgan fingerprint density at radius 1 is 1.53 bits per heavy atom. The number of hydrogen-bond donors (Lipinski definition) is 0. The van der Waals surface area contributed by atoms with Crippen LogP contribution in [0.4, 0.5) is 4.79 Å². The van der Waals surface area contributed by atoms with E-state index in [-0.39, 0.29) is 11.3 Å². The molecule has 2 unspecified atom stereocenters. The fourth-order valence-electron chi connectivity index (χ4n) is 1.76. The van der Waals surface area contributed by atoms with Crippen molar-refractivity contribution in [3.8, 4) is 0 Å². The van der Waals surface area contributed by atoms with Gasteiger partial charge in [-0.3, -0.25) is 0 Å². The van der Waals surface area contributed by atoms with Gasteiger partial charge in [0.1, 0.15) is 17.9 Å². The summed E-state index contributed by atoms with van der Waals surface area (Å²) in [5.74, 6) is 1.07. The third-order valence-corrected chi connectivity index (χ3v) is 4.08. The SMILES string of the molecule is CN(C(=O)OC(C)(C)C)C(C=O)C1CCCS1. The van der Waals surface area contributed by atoms with Gasteiger partial charge in [0.05, 0.1) is 0 Å². The van der Waals surface area contributed by atoms with E-state index in [0.717, 1.165) is 24.9 Å². The van der Waals surface area contributed by atoms with Gasteiger partial charge in [-0.15, -0.1) is 0 Å². The summed E-state index contributed by atoms with van der Waals surface area (Å²) in [5, 5.41) is 0.213. The predicted octanol–water partition coefficient (Wildman–Crippen LogP) is 2.32. The number of rotatable bonds is 3. The number of aldehydes is 1. The molecule has 1 fully saturated rings. The number of ether oxygens (including phenoxy) is 1. The van der Waals surface area contributed by atoms with Crippen molar-refractivity contribution in [2.24, 2.45) is 0 Å². The highest BCUT2D eigenvalue weighted by Gasteiger charge is 2.32. The summed E-state index contributed by atoms with van der Waals surface area (Å²) in [5.41, 5.74) is -0.526. The van der Waals surface area contributed by atoms with E-state index in [2.05, 4.69) is 0 Å². The third kappa shape index (κ3) is 4.22. The van der Waals surface area contributed by atoms with Gasteiger partial charge in [-0.1, -0.05) is 0 Å². The monoisotopic (exact) mass is 259 g/mol. The summed E-state index contributed by atoms with van der Waals surface area (Å²) in [6, 6.07) is -0.377. The standard InChI is InChI=1S/C12H21NO3S/c1-12(2,3)16-11(15)13(4)9(8-14)10-6-5-7-17-10/h8-10H,5-7H2,1-4H3. The highest BCUT2D eigenvalue weighted by molar-refractivity contribution is 8.00. The number of carbonyl (C=O) groups is 2. The van der Waals surface area contributed by atoms with Gasteiger partial charge < -0.3 is 14.4 Å². The average molecular weight is 259 g/mol. The zero-order valence-corrected chi connectivity index (χ0v) is 11.8. The maximum absolute atomic E-state index is 11.9. The van der Waals surface area contributed by atoms with Gasteiger partial charge in [-0.2, -0.15) is 11.8 Å². The quantitative estimate of drug-likeness (QED) is 0.730. The molecule has 0 bridgehead atoms. The molecule has 0 N–H and O–H groups in total. The summed E-state index contributed by atoms with van der Waals surface area (Å²) >= 11 is 1.76. The first-order chi connectivity index (χ1) is 7.85. The lowest BCUT2D eigenvalue weighted by Gasteiger charge is -2.30. The second-order valence-corrected chi connectivity index (χ2v) is 6.62. The van der Waals surface area contributed by atoms with Crippen LogP contribution in [-0.2, 0) is 9.53 Å². The van der Waals surface area contributed by atoms with Gasteiger partial charge in [0.2, 0.25) is 0 Å². The molecule has 17 heavy (non-hydrogen) atoms. The third-order valence-electron chi connectivity index (χ3n) is 2.61. The Balaban J connectivity index is 2.62. The summed E-state index contributed by atoms with van der Waals surface area (Å²) in [6.45, 7) is 5.46. The summed E-state index contributed by atoms with van der Waals surface area (Å²) < 4.78 is 5.26. The van der Waals surface area contributed by atoms with Crippen LogP contribution in [0, 0.1) is 0 Å². The first kappa shape index (κ1) is 14.4. The normalized spacial score (nSPS) is 22.0. The number of thioether (sulfide) groups is 1. The Kier molecular flexibility index (Phi) is 4.86. The average Bonchev–Trinajstić information content (AvgIpc) is 2.69. The molecule has 1 saturated heterocycles. The maximum Gasteiger partial charge on any atom is 0.410 e. The van der Waals surface area contributed by atoms with Gasteiger partial charge >= 0.3 is 6.09 Å². The van der Waals surface area contributed by atoms with Crippen LogP contribution in [0.2, 0.25) is 0 Å². The summed E-state index contributed by atoms with van der Waals surface area (Å²) in [7, 11) is 1.63. The molecule has 0 spiro atoms. The number of carbonyl (C=O) groups excluding carboxylic acids is 2. The van der Waals surface area contributed by atoms with Crippen LogP contribution in [0.25, 0.3) is 0 Å². The summed E-state index contributed by atoms with van der Waals surface area (Å²) in [4.78, 5) is 24.4. The Bertz CT molecular complexity index is 282. The molecule has 0 radical (unpaired) electrons. The number of nitrogens with zero attached hydrogens (tertiary/aromatic N) is 1. The van der Waals surface area contributed by atoms with E-state index in [0.29, 0.717) is 0 Å². The molecule has 1 aliphatic rings. The van der Waals surface area contributed by atoms with Gasteiger partial charge in [0.25, 0.3) is 0 Å². The van der Waals surface area contributed by atoms with Crippen molar-refractivity contribution in [2.75, 3.05) is 12.8 Å². The van der Waals surface area contributed by atoms with Crippen molar-refractivity contribution in [1.29, 1.82) is 0 Å². The fourth-order valence-corrected chi connectivity index (χ4v) is 3.17. The Labute approximate surface area is 107 Å². The van der Waals surface area contributed by atoms with Crippen molar-refractivity contribution in [3.63, 3.8) is 0 Å². The largest absolute Gasteiger partial charge is 0.444 e. The van der Waals surface area contributed by atoms with Crippen molar-refractivity contribution < 1.29 is 14.3 Å². The van der Waals surface area contributed by atoms with Gasteiger partial charge in [-0.25, -0.2) is 4.79 Å². The molecule has 5 heteroatoms. The van der Waals surface area contributed by atoms with E-state index in [9.17, 15) is 9.59 Å². The first-order valence-corrected chi connectivity index (χ1v) is 6.93. The molecule has 0 aromatic heterocycles. The molecule has 1 heterocycles. The minimum Gasteiger partial charge on any atom is -0.444 e. The molecule has 0 aromatic rings. The minimum absolute atomic E-state index is 0.213. The Morgan fingerprint density at radius 3 is 2.59 bits per heavy atom. The van der Waals surface area contributed by atoms with E-state index in [1.807, 2.05) is 20.8 Å². The Morgan fingerprint density at radius 2 is 2.18 bits per heavy atom. The lowest BCUT2D eigenvalue weighted by atomic mass is 10.1. The molecule has 1 rings (SSSR count). The summed E-state index contributed by atoms with van der Waals surface area (Å²) in [6.07, 6.45) is 2.53. The molecule has 0 aliphatic carbocycles. The van der Waals surface area contributed by atoms with Crippen molar-refractivity contribution in [1.82, 2.24) is 4.90 Å². The fraction of sp³-hybridized carbons (Fsp3) is 0.833. The van der Waals surface area contributed by atoms with Crippen molar-refractivity contribution in [3.05, 3.63) is 0 Å². The van der Waals surface area contributed by atoms with E-state index in [1.54, 1.807) is 18.8 Å². The maximum atomic E-state index is 11.9. The van der Waals surface area contributed by atoms with Crippen LogP contribution in [0.1, 0.15) is 33.6 Å². The molecule has 2 atom stereocenters. The zero-order valence-electron chi connectivity index (χ0n) is 10.9. The van der Waals surface area contributed by atoms with Gasteiger partial charge in [0, 0.05) is 12.3 Å². The van der Waals surface area contributed by atoms with Crippen LogP contribution in [0.5, 0.6) is 0 Å². The van der Waals surface area contributed by atoms with E-state index in [4.69, 9.17) is 4.74 Å². The second kappa shape index (κ2) is 5.76. The molecule has 0 aromatic carbocycles. The van der Waals surface area contributed by atoms with E-state index in [1.165, 1.54) is 4.90 Å². The second-order valence-electron chi connectivity index (χ2n) is 5.27. The smallest absolute Gasteiger partial charge is 0.410 e. The van der Waals surface area contributed by atoms with Crippen molar-refractivity contribution >= 4 is 24.1 Å². The van der Waals surface area contributed by atoms with Crippen LogP contribution in [-0.4, -0.2) is 47.0 Å². The van der Waals surface area contributed by atoms with E-state index >= 15 is 0 Å². The molecule has 4 nitrogen and oxygen atoms in total. The van der Waals surface area contributed by atoms with Crippen LogP contribution in [0.3, 0.4) is 0 Å². The van der Waals surface area contributed by atoms with Gasteiger partial charge in [-0.05, 0) is 39.4 Å². The predicted molar refractivity (Wildman–Crippen MR) is 69.3 cm³/mol. The highest BCUT2D eigenvalue weighted by atomic mass is 32.2. The molecule has 98 valence electrons. The number of amides is 1. The Hall–Kier alpha value is -0.710. The van der Waals surface area contributed by atoms with Gasteiger partial charge in [0.15, 0.2) is 0 Å². The lowest BCUT2D eigenvalue weighted by Crippen LogP contribution is -2.46. The van der Waals surface area contributed by atoms with E-state index < -0.39 is 11.7 Å². The minimum atomic E-state index is -0.526. The van der Waals surface area contributed by atoms with Crippen LogP contribution < -0.4 is 0 Å². The molecule has 1 amide bonds. The molecular formula is C12H21NO3S. The lowest BCUT2D eigenvalue weighted by molar-refractivity contribution is -0.112. The highest BCUT2D eigenvalue weighted by Crippen LogP contribution is 2.30. The van der Waals surface area contributed by atoms with Crippen molar-refractivity contribution in [2.45, 2.75) is 50.5 Å². The van der Waals surface area contributed by atoms with Crippen LogP contribution in [0.15, 0.2) is 0 Å². The molecular weight excluding hydrogens is 238 g/mol. The number of hydrogen-bond acceptors (Lipinski definition) is 4. The van der Waals surface area contributed by atoms with Crippen LogP contribution >= 0.6 is 11.8 Å². The molecule has 0 saturated carbocycles. The zero-order chi connectivity index (χ0) is 13.1. The topological polar surface area (TPSA) is 46.6 Å².